The fourth-order valence-electron chi connectivity index (χ4n) is 2.14. The Bertz CT molecular complexity index is 451. The van der Waals surface area contributed by atoms with Crippen LogP contribution >= 0.6 is 11.6 Å². The van der Waals surface area contributed by atoms with E-state index in [1.807, 2.05) is 30.0 Å². The van der Waals surface area contributed by atoms with E-state index in [2.05, 4.69) is 11.8 Å². The molecule has 0 spiro atoms. The van der Waals surface area contributed by atoms with Gasteiger partial charge in [-0.05, 0) is 32.0 Å². The number of anilines is 2. The molecule has 0 saturated heterocycles. The van der Waals surface area contributed by atoms with Crippen molar-refractivity contribution in [2.24, 2.45) is 0 Å². The van der Waals surface area contributed by atoms with Gasteiger partial charge in [-0.1, -0.05) is 11.6 Å². The van der Waals surface area contributed by atoms with Gasteiger partial charge in [-0.25, -0.2) is 0 Å². The van der Waals surface area contributed by atoms with Crippen LogP contribution in [0.2, 0.25) is 5.02 Å². The van der Waals surface area contributed by atoms with Crippen LogP contribution in [0.4, 0.5) is 11.4 Å². The highest BCUT2D eigenvalue weighted by Gasteiger charge is 2.26. The van der Waals surface area contributed by atoms with Gasteiger partial charge in [0.1, 0.15) is 6.54 Å². The van der Waals surface area contributed by atoms with Gasteiger partial charge in [0.15, 0.2) is 0 Å². The second-order valence-electron chi connectivity index (χ2n) is 4.13. The number of hydrogen-bond acceptors (Lipinski definition) is 4. The highest BCUT2D eigenvalue weighted by molar-refractivity contribution is 6.31. The summed E-state index contributed by atoms with van der Waals surface area (Å²) in [6.07, 6.45) is 0. The summed E-state index contributed by atoms with van der Waals surface area (Å²) in [6.45, 7) is 6.17. The third-order valence-corrected chi connectivity index (χ3v) is 3.20. The lowest BCUT2D eigenvalue weighted by Crippen LogP contribution is -2.35. The molecule has 4 nitrogen and oxygen atoms in total. The molecule has 0 radical (unpaired) electrons. The highest BCUT2D eigenvalue weighted by atomic mass is 35.5. The summed E-state index contributed by atoms with van der Waals surface area (Å²) in [5.41, 5.74) is 2.11. The summed E-state index contributed by atoms with van der Waals surface area (Å²) in [6, 6.07) is 5.76. The van der Waals surface area contributed by atoms with Crippen molar-refractivity contribution in [1.82, 2.24) is 0 Å². The molecule has 0 bridgehead atoms. The maximum Gasteiger partial charge on any atom is 0.325 e. The molecule has 18 heavy (non-hydrogen) atoms. The summed E-state index contributed by atoms with van der Waals surface area (Å²) >= 11 is 6.02. The van der Waals surface area contributed by atoms with E-state index in [0.29, 0.717) is 18.3 Å². The van der Waals surface area contributed by atoms with Crippen molar-refractivity contribution in [3.63, 3.8) is 0 Å². The van der Waals surface area contributed by atoms with Crippen LogP contribution in [0.15, 0.2) is 18.2 Å². The lowest BCUT2D eigenvalue weighted by atomic mass is 10.2. The van der Waals surface area contributed by atoms with Gasteiger partial charge in [0.05, 0.1) is 24.7 Å². The predicted octanol–water partition coefficient (Wildman–Crippen LogP) is 2.51. The van der Waals surface area contributed by atoms with Crippen LogP contribution in [0.5, 0.6) is 0 Å². The van der Waals surface area contributed by atoms with Gasteiger partial charge in [0, 0.05) is 11.6 Å². The largest absolute Gasteiger partial charge is 0.465 e. The normalized spacial score (nSPS) is 13.7. The summed E-state index contributed by atoms with van der Waals surface area (Å²) in [4.78, 5) is 15.8. The molecule has 5 heteroatoms. The Labute approximate surface area is 112 Å². The molecule has 0 fully saturated rings. The molecular formula is C13H17ClN2O2. The zero-order valence-corrected chi connectivity index (χ0v) is 11.4. The van der Waals surface area contributed by atoms with Crippen LogP contribution in [0.3, 0.4) is 0 Å². The molecule has 0 N–H and O–H groups in total. The third kappa shape index (κ3) is 2.53. The predicted molar refractivity (Wildman–Crippen MR) is 73.3 cm³/mol. The molecule has 1 aromatic carbocycles. The van der Waals surface area contributed by atoms with Crippen molar-refractivity contribution in [2.45, 2.75) is 13.8 Å². The number of ether oxygens (including phenoxy) is 1. The maximum absolute atomic E-state index is 11.6. The number of benzene rings is 1. The Kier molecular flexibility index (Phi) is 3.97. The van der Waals surface area contributed by atoms with Crippen molar-refractivity contribution >= 4 is 28.9 Å². The van der Waals surface area contributed by atoms with Gasteiger partial charge in [0.2, 0.25) is 0 Å². The quantitative estimate of drug-likeness (QED) is 0.786. The molecule has 1 heterocycles. The van der Waals surface area contributed by atoms with Gasteiger partial charge < -0.3 is 14.5 Å². The van der Waals surface area contributed by atoms with Gasteiger partial charge >= 0.3 is 5.97 Å². The van der Waals surface area contributed by atoms with Crippen molar-refractivity contribution in [1.29, 1.82) is 0 Å². The Hall–Kier alpha value is -1.42. The zero-order valence-electron chi connectivity index (χ0n) is 10.6. The summed E-state index contributed by atoms with van der Waals surface area (Å²) in [5.74, 6) is -0.207. The van der Waals surface area contributed by atoms with Crippen molar-refractivity contribution in [3.8, 4) is 0 Å². The van der Waals surface area contributed by atoms with E-state index >= 15 is 0 Å². The van der Waals surface area contributed by atoms with Gasteiger partial charge in [-0.15, -0.1) is 0 Å². The first-order valence-electron chi connectivity index (χ1n) is 6.10. The number of fused-ring (bicyclic) bond motifs is 1. The van der Waals surface area contributed by atoms with Crippen LogP contribution in [-0.4, -0.2) is 32.3 Å². The molecule has 98 valence electrons. The second kappa shape index (κ2) is 5.48. The molecule has 2 rings (SSSR count). The Morgan fingerprint density at radius 3 is 2.78 bits per heavy atom. The highest BCUT2D eigenvalue weighted by Crippen LogP contribution is 2.37. The number of hydrogen-bond donors (Lipinski definition) is 0. The summed E-state index contributed by atoms with van der Waals surface area (Å²) in [5, 5.41) is 0.681. The van der Waals surface area contributed by atoms with Gasteiger partial charge in [-0.2, -0.15) is 0 Å². The van der Waals surface area contributed by atoms with Crippen molar-refractivity contribution < 1.29 is 9.53 Å². The second-order valence-corrected chi connectivity index (χ2v) is 4.57. The smallest absolute Gasteiger partial charge is 0.325 e. The zero-order chi connectivity index (χ0) is 13.1. The minimum Gasteiger partial charge on any atom is -0.465 e. The molecule has 0 aromatic heterocycles. The lowest BCUT2D eigenvalue weighted by Gasteiger charge is -2.19. The Morgan fingerprint density at radius 2 is 2.11 bits per heavy atom. The monoisotopic (exact) mass is 268 g/mol. The first-order chi connectivity index (χ1) is 8.65. The average Bonchev–Trinajstić information content (AvgIpc) is 2.67. The topological polar surface area (TPSA) is 32.8 Å². The number of halogens is 1. The molecule has 0 unspecified atom stereocenters. The lowest BCUT2D eigenvalue weighted by molar-refractivity contribution is -0.141. The van der Waals surface area contributed by atoms with Crippen LogP contribution in [0.1, 0.15) is 13.8 Å². The fraction of sp³-hybridized carbons (Fsp3) is 0.462. The number of esters is 1. The SMILES string of the molecule is CCOC(=O)CN1CN(CC)c2ccc(Cl)cc21. The molecule has 0 saturated carbocycles. The van der Waals surface area contributed by atoms with E-state index in [0.717, 1.165) is 17.9 Å². The standard InChI is InChI=1S/C13H17ClN2O2/c1-3-15-9-16(8-13(17)18-4-2)12-7-10(14)5-6-11(12)15/h5-7H,3-4,8-9H2,1-2H3. The van der Waals surface area contributed by atoms with Crippen molar-refractivity contribution in [3.05, 3.63) is 23.2 Å². The molecule has 1 aliphatic rings. The van der Waals surface area contributed by atoms with E-state index in [-0.39, 0.29) is 12.5 Å². The number of carbonyl (C=O) groups excluding carboxylic acids is 1. The van der Waals surface area contributed by atoms with Gasteiger partial charge in [-0.3, -0.25) is 4.79 Å². The fourth-order valence-corrected chi connectivity index (χ4v) is 2.31. The van der Waals surface area contributed by atoms with E-state index < -0.39 is 0 Å². The van der Waals surface area contributed by atoms with Gasteiger partial charge in [0.25, 0.3) is 0 Å². The molecular weight excluding hydrogens is 252 g/mol. The number of carbonyl (C=O) groups is 1. The van der Waals surface area contributed by atoms with E-state index in [1.54, 1.807) is 0 Å². The van der Waals surface area contributed by atoms with E-state index in [4.69, 9.17) is 16.3 Å². The molecule has 1 aliphatic heterocycles. The van der Waals surface area contributed by atoms with Crippen LogP contribution in [0, 0.1) is 0 Å². The Morgan fingerprint density at radius 1 is 1.33 bits per heavy atom. The molecule has 0 aliphatic carbocycles. The third-order valence-electron chi connectivity index (χ3n) is 2.97. The first-order valence-corrected chi connectivity index (χ1v) is 6.48. The van der Waals surface area contributed by atoms with Crippen LogP contribution in [0.25, 0.3) is 0 Å². The minimum absolute atomic E-state index is 0.207. The maximum atomic E-state index is 11.6. The Balaban J connectivity index is 2.20. The summed E-state index contributed by atoms with van der Waals surface area (Å²) in [7, 11) is 0. The van der Waals surface area contributed by atoms with Crippen LogP contribution in [-0.2, 0) is 9.53 Å². The molecule has 0 atom stereocenters. The number of rotatable bonds is 4. The molecule has 0 amide bonds. The van der Waals surface area contributed by atoms with Crippen LogP contribution < -0.4 is 9.80 Å². The average molecular weight is 269 g/mol. The van der Waals surface area contributed by atoms with E-state index in [1.165, 1.54) is 0 Å². The first kappa shape index (κ1) is 13.0. The molecule has 1 aromatic rings. The van der Waals surface area contributed by atoms with Crippen molar-refractivity contribution in [2.75, 3.05) is 36.2 Å². The minimum atomic E-state index is -0.207. The number of nitrogens with zero attached hydrogens (tertiary/aromatic N) is 2. The summed E-state index contributed by atoms with van der Waals surface area (Å²) < 4.78 is 4.99. The van der Waals surface area contributed by atoms with E-state index in [9.17, 15) is 4.79 Å².